The van der Waals surface area contributed by atoms with Gasteiger partial charge in [0.25, 0.3) is 0 Å². The maximum absolute atomic E-state index is 12.9. The van der Waals surface area contributed by atoms with Crippen LogP contribution in [0.2, 0.25) is 0 Å². The molecule has 0 saturated carbocycles. The van der Waals surface area contributed by atoms with Crippen molar-refractivity contribution in [2.24, 2.45) is 0 Å². The van der Waals surface area contributed by atoms with Gasteiger partial charge in [0.15, 0.2) is 0 Å². The van der Waals surface area contributed by atoms with Gasteiger partial charge in [-0.05, 0) is 17.5 Å². The molecule has 3 rings (SSSR count). The zero-order chi connectivity index (χ0) is 14.9. The number of fused-ring (bicyclic) bond motifs is 1. The summed E-state index contributed by atoms with van der Waals surface area (Å²) in [4.78, 5) is 11.6. The Labute approximate surface area is 121 Å². The minimum absolute atomic E-state index is 0.00725. The fourth-order valence-corrected chi connectivity index (χ4v) is 2.74. The minimum atomic E-state index is -4.47. The zero-order valence-corrected chi connectivity index (χ0v) is 11.4. The zero-order valence-electron chi connectivity index (χ0n) is 10.6. The Morgan fingerprint density at radius 3 is 2.81 bits per heavy atom. The summed E-state index contributed by atoms with van der Waals surface area (Å²) >= 11 is 1.43. The number of aromatic nitrogens is 3. The molecule has 1 N–H and O–H groups in total. The van der Waals surface area contributed by atoms with Crippen molar-refractivity contribution >= 4 is 27.4 Å². The van der Waals surface area contributed by atoms with Gasteiger partial charge in [0.2, 0.25) is 0 Å². The van der Waals surface area contributed by atoms with Crippen LogP contribution in [-0.2, 0) is 12.7 Å². The second-order valence-electron chi connectivity index (χ2n) is 4.22. The molecule has 4 nitrogen and oxygen atoms in total. The first-order valence-electron chi connectivity index (χ1n) is 5.99. The number of hydrogen-bond acceptors (Lipinski definition) is 5. The highest BCUT2D eigenvalue weighted by atomic mass is 32.1. The molecule has 0 bridgehead atoms. The molecule has 21 heavy (non-hydrogen) atoms. The number of thiophene rings is 1. The lowest BCUT2D eigenvalue weighted by Gasteiger charge is -2.12. The van der Waals surface area contributed by atoms with Gasteiger partial charge in [-0.3, -0.25) is 4.98 Å². The van der Waals surface area contributed by atoms with E-state index in [1.807, 2.05) is 11.4 Å². The number of pyridine rings is 1. The Kier molecular flexibility index (Phi) is 3.46. The summed E-state index contributed by atoms with van der Waals surface area (Å²) in [6.45, 7) is -0.00725. The SMILES string of the molecule is FC(F)(F)c1ncccc1CNc1ncnc2ccsc12. The quantitative estimate of drug-likeness (QED) is 0.801. The van der Waals surface area contributed by atoms with Gasteiger partial charge in [-0.1, -0.05) is 6.07 Å². The lowest BCUT2D eigenvalue weighted by atomic mass is 10.2. The van der Waals surface area contributed by atoms with Crippen LogP contribution in [0, 0.1) is 0 Å². The van der Waals surface area contributed by atoms with Crippen molar-refractivity contribution in [3.8, 4) is 0 Å². The van der Waals surface area contributed by atoms with Crippen LogP contribution in [0.25, 0.3) is 10.2 Å². The maximum Gasteiger partial charge on any atom is 0.433 e. The molecule has 0 aliphatic rings. The van der Waals surface area contributed by atoms with Gasteiger partial charge in [0.1, 0.15) is 17.8 Å². The fraction of sp³-hybridized carbons (Fsp3) is 0.154. The summed E-state index contributed by atoms with van der Waals surface area (Å²) in [5.41, 5.74) is -0.0398. The first kappa shape index (κ1) is 13.7. The summed E-state index contributed by atoms with van der Waals surface area (Å²) in [5.74, 6) is 0.520. The van der Waals surface area contributed by atoms with Crippen molar-refractivity contribution in [2.75, 3.05) is 5.32 Å². The van der Waals surface area contributed by atoms with Crippen molar-refractivity contribution in [1.82, 2.24) is 15.0 Å². The number of rotatable bonds is 3. The van der Waals surface area contributed by atoms with E-state index in [1.54, 1.807) is 0 Å². The van der Waals surface area contributed by atoms with Gasteiger partial charge in [-0.15, -0.1) is 11.3 Å². The highest BCUT2D eigenvalue weighted by molar-refractivity contribution is 7.17. The summed E-state index contributed by atoms with van der Waals surface area (Å²) in [5, 5.41) is 4.78. The smallest absolute Gasteiger partial charge is 0.365 e. The number of nitrogens with zero attached hydrogens (tertiary/aromatic N) is 3. The first-order chi connectivity index (χ1) is 10.1. The lowest BCUT2D eigenvalue weighted by Crippen LogP contribution is -2.14. The summed E-state index contributed by atoms with van der Waals surface area (Å²) in [6, 6.07) is 4.71. The van der Waals surface area contributed by atoms with E-state index in [2.05, 4.69) is 20.3 Å². The number of alkyl halides is 3. The van der Waals surface area contributed by atoms with Gasteiger partial charge in [0, 0.05) is 18.3 Å². The average molecular weight is 310 g/mol. The van der Waals surface area contributed by atoms with Crippen LogP contribution in [0.1, 0.15) is 11.3 Å². The van der Waals surface area contributed by atoms with E-state index < -0.39 is 11.9 Å². The first-order valence-corrected chi connectivity index (χ1v) is 6.87. The third-order valence-corrected chi connectivity index (χ3v) is 3.76. The van der Waals surface area contributed by atoms with Crippen LogP contribution < -0.4 is 5.32 Å². The number of anilines is 1. The Hall–Kier alpha value is -2.22. The normalized spacial score (nSPS) is 11.8. The van der Waals surface area contributed by atoms with E-state index in [1.165, 1.54) is 29.8 Å². The molecule has 0 atom stereocenters. The molecule has 8 heteroatoms. The standard InChI is InChI=1S/C13H9F3N4S/c14-13(15,16)11-8(2-1-4-17-11)6-18-12-10-9(3-5-21-10)19-7-20-12/h1-5,7H,6H2,(H,18,19,20). The molecule has 0 saturated heterocycles. The highest BCUT2D eigenvalue weighted by Gasteiger charge is 2.34. The van der Waals surface area contributed by atoms with Crippen molar-refractivity contribution in [2.45, 2.75) is 12.7 Å². The molecule has 3 heterocycles. The monoisotopic (exact) mass is 310 g/mol. The number of halogens is 3. The molecule has 0 unspecified atom stereocenters. The topological polar surface area (TPSA) is 50.7 Å². The molecule has 0 aromatic carbocycles. The lowest BCUT2D eigenvalue weighted by molar-refractivity contribution is -0.141. The van der Waals surface area contributed by atoms with Crippen LogP contribution in [0.5, 0.6) is 0 Å². The van der Waals surface area contributed by atoms with Crippen molar-refractivity contribution in [3.05, 3.63) is 47.4 Å². The van der Waals surface area contributed by atoms with Crippen LogP contribution in [-0.4, -0.2) is 15.0 Å². The molecular weight excluding hydrogens is 301 g/mol. The minimum Gasteiger partial charge on any atom is -0.365 e. The summed E-state index contributed by atoms with van der Waals surface area (Å²) in [6.07, 6.45) is -1.96. The maximum atomic E-state index is 12.9. The molecule has 3 aromatic rings. The average Bonchev–Trinajstić information content (AvgIpc) is 2.93. The third kappa shape index (κ3) is 2.80. The van der Waals surface area contributed by atoms with E-state index in [4.69, 9.17) is 0 Å². The highest BCUT2D eigenvalue weighted by Crippen LogP contribution is 2.31. The van der Waals surface area contributed by atoms with Gasteiger partial charge >= 0.3 is 6.18 Å². The Morgan fingerprint density at radius 2 is 2.00 bits per heavy atom. The van der Waals surface area contributed by atoms with Crippen LogP contribution >= 0.6 is 11.3 Å². The molecule has 3 aromatic heterocycles. The second kappa shape index (κ2) is 5.28. The molecule has 0 radical (unpaired) electrons. The second-order valence-corrected chi connectivity index (χ2v) is 5.14. The molecule has 0 fully saturated rings. The Morgan fingerprint density at radius 1 is 1.14 bits per heavy atom. The van der Waals surface area contributed by atoms with Gasteiger partial charge in [-0.25, -0.2) is 9.97 Å². The van der Waals surface area contributed by atoms with E-state index >= 15 is 0 Å². The molecule has 0 aliphatic carbocycles. The van der Waals surface area contributed by atoms with Gasteiger partial charge in [0.05, 0.1) is 10.2 Å². The Bertz CT molecular complexity index is 769. The van der Waals surface area contributed by atoms with Crippen molar-refractivity contribution < 1.29 is 13.2 Å². The summed E-state index contributed by atoms with van der Waals surface area (Å²) in [7, 11) is 0. The predicted octanol–water partition coefficient (Wildman–Crippen LogP) is 3.72. The van der Waals surface area contributed by atoms with E-state index in [-0.39, 0.29) is 12.1 Å². The fourth-order valence-electron chi connectivity index (χ4n) is 1.93. The molecular formula is C13H9F3N4S. The number of nitrogens with one attached hydrogen (secondary N) is 1. The molecule has 108 valence electrons. The van der Waals surface area contributed by atoms with Crippen LogP contribution in [0.4, 0.5) is 19.0 Å². The van der Waals surface area contributed by atoms with E-state index in [0.29, 0.717) is 5.82 Å². The summed E-state index contributed by atoms with van der Waals surface area (Å²) < 4.78 is 39.4. The van der Waals surface area contributed by atoms with E-state index in [0.717, 1.165) is 16.4 Å². The van der Waals surface area contributed by atoms with Crippen molar-refractivity contribution in [1.29, 1.82) is 0 Å². The number of hydrogen-bond donors (Lipinski definition) is 1. The largest absolute Gasteiger partial charge is 0.433 e. The third-order valence-electron chi connectivity index (χ3n) is 2.85. The van der Waals surface area contributed by atoms with Gasteiger partial charge in [-0.2, -0.15) is 13.2 Å². The van der Waals surface area contributed by atoms with Crippen molar-refractivity contribution in [3.63, 3.8) is 0 Å². The molecule has 0 aliphatic heterocycles. The van der Waals surface area contributed by atoms with Crippen LogP contribution in [0.3, 0.4) is 0 Å². The predicted molar refractivity (Wildman–Crippen MR) is 74.0 cm³/mol. The van der Waals surface area contributed by atoms with Crippen LogP contribution in [0.15, 0.2) is 36.1 Å². The van der Waals surface area contributed by atoms with Gasteiger partial charge < -0.3 is 5.32 Å². The van der Waals surface area contributed by atoms with E-state index in [9.17, 15) is 13.2 Å². The molecule has 0 spiro atoms. The molecule has 0 amide bonds. The Balaban J connectivity index is 1.87.